The van der Waals surface area contributed by atoms with Gasteiger partial charge in [-0.2, -0.15) is 18.4 Å². The summed E-state index contributed by atoms with van der Waals surface area (Å²) in [4.78, 5) is 14.3. The topological polar surface area (TPSA) is 36.1 Å². The predicted octanol–water partition coefficient (Wildman–Crippen LogP) is 30.1. The Bertz CT molecular complexity index is 4840. The fourth-order valence-corrected chi connectivity index (χ4v) is 18.4. The molecule has 2 aliphatic carbocycles. The molecule has 0 unspecified atom stereocenters. The zero-order valence-corrected chi connectivity index (χ0v) is 74.8. The molecule has 0 N–H and O–H groups in total. The van der Waals surface area contributed by atoms with Gasteiger partial charge in [0, 0.05) is 56.2 Å². The number of aromatic nitrogens is 3. The Morgan fingerprint density at radius 3 is 1.24 bits per heavy atom. The quantitative estimate of drug-likeness (QED) is 0.0350. The molecule has 1 aliphatic heterocycles. The van der Waals surface area contributed by atoms with E-state index < -0.39 is 0 Å². The first-order valence-corrected chi connectivity index (χ1v) is 47.9. The van der Waals surface area contributed by atoms with Crippen molar-refractivity contribution in [3.05, 3.63) is 283 Å². The van der Waals surface area contributed by atoms with Gasteiger partial charge in [-0.1, -0.05) is 253 Å². The normalized spacial score (nSPS) is 13.8. The van der Waals surface area contributed by atoms with Crippen molar-refractivity contribution in [2.75, 3.05) is 9.80 Å². The number of hydrogen-bond acceptors (Lipinski definition) is 4. The number of pyridine rings is 3. The summed E-state index contributed by atoms with van der Waals surface area (Å²) >= 11 is 32.3. The molecule has 3 aromatic heterocycles. The van der Waals surface area contributed by atoms with Gasteiger partial charge in [-0.3, -0.25) is 9.97 Å². The van der Waals surface area contributed by atoms with Crippen LogP contribution in [0.15, 0.2) is 205 Å². The maximum atomic E-state index is 7.62. The van der Waals surface area contributed by atoms with Crippen molar-refractivity contribution in [3.63, 3.8) is 0 Å². The second kappa shape index (κ2) is 37.1. The van der Waals surface area contributed by atoms with Crippen molar-refractivity contribution in [2.45, 2.75) is 229 Å². The van der Waals surface area contributed by atoms with Crippen LogP contribution in [0.3, 0.4) is 0 Å². The Morgan fingerprint density at radius 2 is 0.852 bits per heavy atom. The summed E-state index contributed by atoms with van der Waals surface area (Å²) in [6.45, 7) is 41.3. The fourth-order valence-electron chi connectivity index (χ4n) is 17.5. The van der Waals surface area contributed by atoms with Gasteiger partial charge >= 0.3 is 30.0 Å². The van der Waals surface area contributed by atoms with Crippen molar-refractivity contribution in [1.82, 2.24) is 9.97 Å². The standard InChI is InChI=1S/C41H57Cl3N3.C28H27N.C25H20ClN.C3H7.BrH.Zn/c1-9-28(10-2)33-21-17-22-34(29(11-3)12-4)38(33)46-37(27-45-25-19-20-32(42)26-45)47(41(44)40(46)43)39-35(30(13-5)14-6)23-18-24-36(39)31(15-7)16-8;1-17(2)19-10-11-22-20(15-19)12-13-29-27(22)21-14-18(3)26-23-8-6-7-9-24(23)28(4,5)25(26)16-21;1-15-12-17(24-19-9-8-18(26)13-16(19)10-11-27-24)14-22-23(15)20-6-4-5-7-21(20)25(22,2)3;1-3-2;;/h17-26,28-31,37H,9-16,27H2,1-8H3;6-17H,1-5H3;4-14H,1-3H3;3H,1-2H3;1H;/q+1;;;-1;;+2/p-1. The average molecular weight is 1630 g/mol. The molecule has 560 valence electrons. The molecule has 11 aromatic rings. The minimum absolute atomic E-state index is 0.00208. The SMILES string of the molecule is CCC(CC)c1cccc(C(CC)CC)c1N1C(Cl)=C(Cl)N(c2c(C(CC)CC)cccc2C(CC)CC)C1C[n+]1cccc(Cl)c1.C[CH-]C.Cc1cc(-c2nccc3cc(C(C)C)ccc23)cc2c1-c1ccccc1C2(C)C.Cc1cc(-c2nccc3cc(Cl)ccc23)cc2c1-c1ccccc1C2(C)C.[Zn+][Br]. The van der Waals surface area contributed by atoms with Crippen LogP contribution in [0.5, 0.6) is 0 Å². The Balaban J connectivity index is 0.000000175. The fraction of sp³-hybridized carbons (Fsp3) is 0.361. The molecule has 0 atom stereocenters. The molecular formula is C97H111BrCl4N5Zn+. The third kappa shape index (κ3) is 16.8. The average Bonchev–Trinajstić information content (AvgIpc) is 1.58. The van der Waals surface area contributed by atoms with Crippen molar-refractivity contribution < 1.29 is 20.9 Å². The number of nitrogens with zero attached hydrogens (tertiary/aromatic N) is 5. The van der Waals surface area contributed by atoms with Crippen LogP contribution >= 0.6 is 60.0 Å². The van der Waals surface area contributed by atoms with Crippen molar-refractivity contribution in [3.8, 4) is 44.8 Å². The Labute approximate surface area is 684 Å². The first kappa shape index (κ1) is 83.8. The summed E-state index contributed by atoms with van der Waals surface area (Å²) in [6.07, 6.45) is 18.2. The molecule has 11 heteroatoms. The van der Waals surface area contributed by atoms with Crippen molar-refractivity contribution >= 4 is 92.9 Å². The van der Waals surface area contributed by atoms with Crippen molar-refractivity contribution in [1.29, 1.82) is 0 Å². The molecule has 14 rings (SSSR count). The van der Waals surface area contributed by atoms with Gasteiger partial charge in [0.25, 0.3) is 0 Å². The Kier molecular flexibility index (Phi) is 28.8. The zero-order valence-electron chi connectivity index (χ0n) is 67.2. The molecule has 5 nitrogen and oxygen atoms in total. The van der Waals surface area contributed by atoms with E-state index in [1.165, 1.54) is 133 Å². The van der Waals surface area contributed by atoms with Gasteiger partial charge in [0.15, 0.2) is 25.1 Å². The first-order chi connectivity index (χ1) is 52.0. The summed E-state index contributed by atoms with van der Waals surface area (Å²) in [5.41, 5.74) is 27.5. The van der Waals surface area contributed by atoms with E-state index in [1.807, 2.05) is 69.2 Å². The van der Waals surface area contributed by atoms with Crippen LogP contribution in [0.2, 0.25) is 10.0 Å². The van der Waals surface area contributed by atoms with E-state index in [0.29, 0.717) is 51.5 Å². The predicted molar refractivity (Wildman–Crippen MR) is 468 cm³/mol. The molecule has 0 saturated heterocycles. The molecule has 108 heavy (non-hydrogen) atoms. The van der Waals surface area contributed by atoms with Gasteiger partial charge < -0.3 is 16.2 Å². The van der Waals surface area contributed by atoms with E-state index >= 15 is 0 Å². The molecule has 0 spiro atoms. The van der Waals surface area contributed by atoms with Crippen LogP contribution in [-0.4, -0.2) is 16.1 Å². The van der Waals surface area contributed by atoms with Gasteiger partial charge in [0.05, 0.1) is 22.8 Å². The molecule has 0 radical (unpaired) electrons. The van der Waals surface area contributed by atoms with E-state index in [9.17, 15) is 0 Å². The Hall–Kier alpha value is -6.67. The van der Waals surface area contributed by atoms with Crippen LogP contribution in [-0.2, 0) is 33.7 Å². The van der Waals surface area contributed by atoms with E-state index in [1.54, 1.807) is 0 Å². The third-order valence-corrected chi connectivity index (χ3v) is 24.5. The number of hydrogen-bond donors (Lipinski definition) is 0. The molecule has 0 amide bonds. The molecule has 8 aromatic carbocycles. The molecule has 0 saturated carbocycles. The van der Waals surface area contributed by atoms with E-state index in [-0.39, 0.29) is 17.0 Å². The molecule has 0 bridgehead atoms. The van der Waals surface area contributed by atoms with E-state index in [2.05, 4.69) is 284 Å². The number of aryl methyl sites for hydroxylation is 2. The molecular weight excluding hydrogens is 1520 g/mol. The van der Waals surface area contributed by atoms with E-state index in [0.717, 1.165) is 78.5 Å². The number of para-hydroxylation sites is 2. The summed E-state index contributed by atoms with van der Waals surface area (Å²) < 4.78 is 2.19. The van der Waals surface area contributed by atoms with Crippen LogP contribution in [0.1, 0.15) is 253 Å². The molecule has 3 aliphatic rings. The summed E-state index contributed by atoms with van der Waals surface area (Å²) in [5, 5.41) is 7.40. The van der Waals surface area contributed by atoms with Crippen molar-refractivity contribution in [2.24, 2.45) is 0 Å². The summed E-state index contributed by atoms with van der Waals surface area (Å²) in [5.74, 6) is 2.17. The van der Waals surface area contributed by atoms with Gasteiger partial charge in [-0.25, -0.2) is 0 Å². The second-order valence-electron chi connectivity index (χ2n) is 30.8. The van der Waals surface area contributed by atoms with Crippen LogP contribution < -0.4 is 14.4 Å². The zero-order chi connectivity index (χ0) is 78.1. The number of anilines is 2. The van der Waals surface area contributed by atoms with Gasteiger partial charge in [-0.05, 0) is 244 Å². The number of halogens is 5. The first-order valence-electron chi connectivity index (χ1n) is 39.5. The summed E-state index contributed by atoms with van der Waals surface area (Å²) in [6, 6.07) is 61.7. The monoisotopic (exact) mass is 1630 g/mol. The van der Waals surface area contributed by atoms with Gasteiger partial charge in [0.2, 0.25) is 0 Å². The van der Waals surface area contributed by atoms with Crippen LogP contribution in [0.4, 0.5) is 11.4 Å². The van der Waals surface area contributed by atoms with E-state index in [4.69, 9.17) is 56.4 Å². The second-order valence-corrected chi connectivity index (χ2v) is 32.4. The third-order valence-electron chi connectivity index (χ3n) is 23.3. The number of benzene rings is 8. The van der Waals surface area contributed by atoms with Crippen LogP contribution in [0.25, 0.3) is 66.3 Å². The molecule has 4 heterocycles. The molecule has 0 fully saturated rings. The van der Waals surface area contributed by atoms with Gasteiger partial charge in [-0.15, -0.1) is 0 Å². The Morgan fingerprint density at radius 1 is 0.463 bits per heavy atom. The number of rotatable bonds is 19. The minimum atomic E-state index is -0.203. The van der Waals surface area contributed by atoms with Gasteiger partial charge in [0.1, 0.15) is 15.3 Å². The summed E-state index contributed by atoms with van der Waals surface area (Å²) in [7, 11) is 0. The maximum absolute atomic E-state index is 7.62. The number of fused-ring (bicyclic) bond motifs is 8. The van der Waals surface area contributed by atoms with Crippen LogP contribution in [0, 0.1) is 20.3 Å².